The number of hydrogen-bond acceptors (Lipinski definition) is 5. The van der Waals surface area contributed by atoms with Crippen LogP contribution in [0, 0.1) is 0 Å². The zero-order chi connectivity index (χ0) is 15.9. The lowest BCUT2D eigenvalue weighted by molar-refractivity contribution is -0.150. The predicted octanol–water partition coefficient (Wildman–Crippen LogP) is 1.33. The van der Waals surface area contributed by atoms with E-state index in [-0.39, 0.29) is 5.97 Å². The van der Waals surface area contributed by atoms with E-state index >= 15 is 0 Å². The Morgan fingerprint density at radius 3 is 2.67 bits per heavy atom. The Labute approximate surface area is 130 Å². The van der Waals surface area contributed by atoms with Crippen molar-refractivity contribution < 1.29 is 9.53 Å². The molecule has 2 atom stereocenters. The molecule has 0 aromatic heterocycles. The summed E-state index contributed by atoms with van der Waals surface area (Å²) in [6.45, 7) is 13.8. The first-order valence-electron chi connectivity index (χ1n) is 8.27. The van der Waals surface area contributed by atoms with Gasteiger partial charge < -0.3 is 15.0 Å². The Kier molecular flexibility index (Phi) is 7.63. The van der Waals surface area contributed by atoms with Gasteiger partial charge in [0.15, 0.2) is 0 Å². The van der Waals surface area contributed by atoms with Gasteiger partial charge in [-0.15, -0.1) is 0 Å². The first-order chi connectivity index (χ1) is 9.92. The molecule has 1 heterocycles. The lowest BCUT2D eigenvalue weighted by Gasteiger charge is -2.38. The topological polar surface area (TPSA) is 44.8 Å². The molecule has 0 spiro atoms. The summed E-state index contributed by atoms with van der Waals surface area (Å²) in [4.78, 5) is 17.0. The van der Waals surface area contributed by atoms with Gasteiger partial charge in [-0.25, -0.2) is 0 Å². The molecule has 21 heavy (non-hydrogen) atoms. The van der Waals surface area contributed by atoms with Crippen LogP contribution < -0.4 is 5.32 Å². The molecule has 0 aromatic rings. The third-order valence-electron chi connectivity index (χ3n) is 4.38. The van der Waals surface area contributed by atoms with Crippen molar-refractivity contribution in [3.8, 4) is 0 Å². The minimum atomic E-state index is -0.555. The predicted molar refractivity (Wildman–Crippen MR) is 86.5 cm³/mol. The summed E-state index contributed by atoms with van der Waals surface area (Å²) in [7, 11) is 2.18. The molecule has 1 N–H and O–H groups in total. The highest BCUT2D eigenvalue weighted by Gasteiger charge is 2.33. The van der Waals surface area contributed by atoms with Crippen LogP contribution >= 0.6 is 0 Å². The molecule has 5 heteroatoms. The van der Waals surface area contributed by atoms with Crippen molar-refractivity contribution in [2.24, 2.45) is 0 Å². The summed E-state index contributed by atoms with van der Waals surface area (Å²) in [5, 5.41) is 3.30. The van der Waals surface area contributed by atoms with Gasteiger partial charge in [0.1, 0.15) is 5.54 Å². The minimum absolute atomic E-state index is 0.127. The Morgan fingerprint density at radius 1 is 1.38 bits per heavy atom. The van der Waals surface area contributed by atoms with Gasteiger partial charge in [-0.1, -0.05) is 6.92 Å². The van der Waals surface area contributed by atoms with E-state index < -0.39 is 5.54 Å². The number of carbonyl (C=O) groups excluding carboxylic acids is 1. The summed E-state index contributed by atoms with van der Waals surface area (Å²) in [5.41, 5.74) is -0.555. The fourth-order valence-electron chi connectivity index (χ4n) is 3.09. The fraction of sp³-hybridized carbons (Fsp3) is 0.938. The van der Waals surface area contributed by atoms with Crippen molar-refractivity contribution in [1.82, 2.24) is 15.1 Å². The van der Waals surface area contributed by atoms with Gasteiger partial charge in [-0.2, -0.15) is 0 Å². The number of rotatable bonds is 8. The van der Waals surface area contributed by atoms with Crippen molar-refractivity contribution in [2.45, 2.75) is 52.1 Å². The standard InChI is InChI=1S/C16H33N3O2/c1-6-17-16(4,15(20)21-7-2)9-8-10-19-12-11-18(5)13-14(19)3/h14,17H,6-13H2,1-5H3. The highest BCUT2D eigenvalue weighted by atomic mass is 16.5. The number of carbonyl (C=O) groups is 1. The van der Waals surface area contributed by atoms with Gasteiger partial charge in [0, 0.05) is 25.7 Å². The number of ether oxygens (including phenoxy) is 1. The van der Waals surface area contributed by atoms with Crippen LogP contribution in [-0.2, 0) is 9.53 Å². The monoisotopic (exact) mass is 299 g/mol. The first kappa shape index (κ1) is 18.4. The zero-order valence-electron chi connectivity index (χ0n) is 14.4. The van der Waals surface area contributed by atoms with Gasteiger partial charge in [-0.3, -0.25) is 9.69 Å². The Bertz CT molecular complexity index is 325. The van der Waals surface area contributed by atoms with Crippen LogP contribution in [0.2, 0.25) is 0 Å². The lowest BCUT2D eigenvalue weighted by atomic mass is 9.95. The van der Waals surface area contributed by atoms with E-state index in [1.165, 1.54) is 0 Å². The number of nitrogens with one attached hydrogen (secondary N) is 1. The second kappa shape index (κ2) is 8.71. The van der Waals surface area contributed by atoms with Crippen molar-refractivity contribution >= 4 is 5.97 Å². The quantitative estimate of drug-likeness (QED) is 0.685. The third kappa shape index (κ3) is 5.57. The average Bonchev–Trinajstić information content (AvgIpc) is 2.42. The molecule has 124 valence electrons. The summed E-state index contributed by atoms with van der Waals surface area (Å²) in [6.07, 6.45) is 1.83. The molecule has 1 aliphatic rings. The average molecular weight is 299 g/mol. The number of hydrogen-bond donors (Lipinski definition) is 1. The third-order valence-corrected chi connectivity index (χ3v) is 4.38. The van der Waals surface area contributed by atoms with Crippen LogP contribution in [0.1, 0.15) is 40.5 Å². The van der Waals surface area contributed by atoms with E-state index in [0.29, 0.717) is 12.6 Å². The summed E-state index contributed by atoms with van der Waals surface area (Å²) >= 11 is 0. The first-order valence-corrected chi connectivity index (χ1v) is 8.27. The Morgan fingerprint density at radius 2 is 2.10 bits per heavy atom. The minimum Gasteiger partial charge on any atom is -0.465 e. The normalized spacial score (nSPS) is 23.8. The molecular formula is C16H33N3O2. The molecule has 1 fully saturated rings. The second-order valence-corrected chi connectivity index (χ2v) is 6.33. The van der Waals surface area contributed by atoms with Crippen LogP contribution in [0.3, 0.4) is 0 Å². The van der Waals surface area contributed by atoms with E-state index in [1.54, 1.807) is 0 Å². The Hall–Kier alpha value is -0.650. The van der Waals surface area contributed by atoms with Crippen molar-refractivity contribution in [3.05, 3.63) is 0 Å². The van der Waals surface area contributed by atoms with Crippen molar-refractivity contribution in [3.63, 3.8) is 0 Å². The van der Waals surface area contributed by atoms with Gasteiger partial charge in [0.05, 0.1) is 6.61 Å². The smallest absolute Gasteiger partial charge is 0.326 e. The molecule has 0 radical (unpaired) electrons. The van der Waals surface area contributed by atoms with Crippen LogP contribution in [0.15, 0.2) is 0 Å². The molecule has 1 rings (SSSR count). The summed E-state index contributed by atoms with van der Waals surface area (Å²) in [5.74, 6) is -0.127. The highest BCUT2D eigenvalue weighted by Crippen LogP contribution is 2.17. The van der Waals surface area contributed by atoms with E-state index in [4.69, 9.17) is 4.74 Å². The lowest BCUT2D eigenvalue weighted by Crippen LogP contribution is -2.52. The largest absolute Gasteiger partial charge is 0.465 e. The number of esters is 1. The molecule has 5 nitrogen and oxygen atoms in total. The molecule has 0 amide bonds. The van der Waals surface area contributed by atoms with Gasteiger partial charge in [0.25, 0.3) is 0 Å². The van der Waals surface area contributed by atoms with E-state index in [2.05, 4.69) is 29.1 Å². The van der Waals surface area contributed by atoms with Gasteiger partial charge in [-0.05, 0) is 53.8 Å². The van der Waals surface area contributed by atoms with E-state index in [0.717, 1.165) is 45.6 Å². The maximum atomic E-state index is 12.1. The number of piperazine rings is 1. The second-order valence-electron chi connectivity index (χ2n) is 6.33. The molecule has 0 bridgehead atoms. The molecular weight excluding hydrogens is 266 g/mol. The summed E-state index contributed by atoms with van der Waals surface area (Å²) < 4.78 is 5.22. The molecule has 2 unspecified atom stereocenters. The van der Waals surface area contributed by atoms with E-state index in [1.807, 2.05) is 20.8 Å². The van der Waals surface area contributed by atoms with Crippen molar-refractivity contribution in [2.75, 3.05) is 46.4 Å². The molecule has 1 saturated heterocycles. The number of nitrogens with zero attached hydrogens (tertiary/aromatic N) is 2. The zero-order valence-corrected chi connectivity index (χ0v) is 14.4. The van der Waals surface area contributed by atoms with Crippen LogP contribution in [0.5, 0.6) is 0 Å². The molecule has 1 aliphatic heterocycles. The Balaban J connectivity index is 2.44. The van der Waals surface area contributed by atoms with Crippen molar-refractivity contribution in [1.29, 1.82) is 0 Å². The SMILES string of the molecule is CCNC(C)(CCCN1CCN(C)CC1C)C(=O)OCC. The van der Waals surface area contributed by atoms with Gasteiger partial charge in [0.2, 0.25) is 0 Å². The maximum Gasteiger partial charge on any atom is 0.326 e. The maximum absolute atomic E-state index is 12.1. The molecule has 0 saturated carbocycles. The van der Waals surface area contributed by atoms with E-state index in [9.17, 15) is 4.79 Å². The molecule has 0 aromatic carbocycles. The molecule has 0 aliphatic carbocycles. The van der Waals surface area contributed by atoms with Crippen LogP contribution in [-0.4, -0.2) is 73.7 Å². The number of likely N-dealkylation sites (N-methyl/N-ethyl adjacent to an activating group) is 2. The van der Waals surface area contributed by atoms with Crippen LogP contribution in [0.25, 0.3) is 0 Å². The van der Waals surface area contributed by atoms with Gasteiger partial charge >= 0.3 is 5.97 Å². The fourth-order valence-corrected chi connectivity index (χ4v) is 3.09. The summed E-state index contributed by atoms with van der Waals surface area (Å²) in [6, 6.07) is 0.594. The van der Waals surface area contributed by atoms with Crippen LogP contribution in [0.4, 0.5) is 0 Å². The highest BCUT2D eigenvalue weighted by molar-refractivity contribution is 5.80.